The molecule has 7 nitrogen and oxygen atoms in total. The Morgan fingerprint density at radius 2 is 1.74 bits per heavy atom. The molecular weight excluding hydrogens is 343 g/mol. The normalized spacial score (nSPS) is 16.3. The van der Waals surface area contributed by atoms with Gasteiger partial charge in [0, 0.05) is 39.8 Å². The molecular formula is C14H30Cl2N4O3. The lowest BCUT2D eigenvalue weighted by atomic mass is 10.0. The molecule has 0 radical (unpaired) electrons. The summed E-state index contributed by atoms with van der Waals surface area (Å²) in [5.74, 6) is 0.141. The molecule has 1 rings (SSSR count). The monoisotopic (exact) mass is 372 g/mol. The van der Waals surface area contributed by atoms with E-state index in [9.17, 15) is 9.59 Å². The Hall–Kier alpha value is -0.600. The maximum Gasteiger partial charge on any atom is 0.239 e. The van der Waals surface area contributed by atoms with E-state index in [1.54, 1.807) is 12.0 Å². The third-order valence-electron chi connectivity index (χ3n) is 3.68. The van der Waals surface area contributed by atoms with Gasteiger partial charge in [-0.1, -0.05) is 13.8 Å². The van der Waals surface area contributed by atoms with E-state index in [2.05, 4.69) is 5.32 Å². The first-order valence-electron chi connectivity index (χ1n) is 7.48. The van der Waals surface area contributed by atoms with Crippen molar-refractivity contribution in [1.82, 2.24) is 15.1 Å². The molecule has 1 saturated heterocycles. The van der Waals surface area contributed by atoms with Crippen LogP contribution in [0.3, 0.4) is 0 Å². The van der Waals surface area contributed by atoms with Crippen LogP contribution in [0.4, 0.5) is 0 Å². The average Bonchev–Trinajstić information content (AvgIpc) is 2.46. The fourth-order valence-electron chi connectivity index (χ4n) is 2.17. The van der Waals surface area contributed by atoms with Crippen molar-refractivity contribution < 1.29 is 14.3 Å². The van der Waals surface area contributed by atoms with Gasteiger partial charge in [0.1, 0.15) is 0 Å². The molecule has 0 unspecified atom stereocenters. The summed E-state index contributed by atoms with van der Waals surface area (Å²) in [6.07, 6.45) is 0. The van der Waals surface area contributed by atoms with Gasteiger partial charge in [0.2, 0.25) is 11.8 Å². The number of rotatable bonds is 7. The highest BCUT2D eigenvalue weighted by Crippen LogP contribution is 2.07. The quantitative estimate of drug-likeness (QED) is 0.600. The number of nitrogens with two attached hydrogens (primary N) is 1. The second-order valence-corrected chi connectivity index (χ2v) is 5.71. The third-order valence-corrected chi connectivity index (χ3v) is 3.68. The Labute approximate surface area is 151 Å². The number of amides is 2. The van der Waals surface area contributed by atoms with Gasteiger partial charge in [-0.3, -0.25) is 14.5 Å². The Bertz CT molecular complexity index is 351. The average molecular weight is 373 g/mol. The molecule has 1 fully saturated rings. The Kier molecular flexibility index (Phi) is 13.7. The number of halogens is 2. The lowest BCUT2D eigenvalue weighted by Gasteiger charge is -2.36. The largest absolute Gasteiger partial charge is 0.383 e. The van der Waals surface area contributed by atoms with Crippen molar-refractivity contribution in [1.29, 1.82) is 0 Å². The molecule has 1 aliphatic heterocycles. The fourth-order valence-corrected chi connectivity index (χ4v) is 2.17. The predicted molar refractivity (Wildman–Crippen MR) is 95.2 cm³/mol. The molecule has 138 valence electrons. The molecule has 0 aromatic heterocycles. The highest BCUT2D eigenvalue weighted by atomic mass is 35.5. The smallest absolute Gasteiger partial charge is 0.239 e. The van der Waals surface area contributed by atoms with Crippen LogP contribution < -0.4 is 11.1 Å². The first-order chi connectivity index (χ1) is 9.95. The van der Waals surface area contributed by atoms with Crippen LogP contribution in [-0.2, 0) is 14.3 Å². The topological polar surface area (TPSA) is 87.9 Å². The number of hydrogen-bond acceptors (Lipinski definition) is 5. The van der Waals surface area contributed by atoms with Crippen LogP contribution in [0.2, 0.25) is 0 Å². The molecule has 0 bridgehead atoms. The van der Waals surface area contributed by atoms with Crippen LogP contribution in [0.1, 0.15) is 13.8 Å². The van der Waals surface area contributed by atoms with Crippen LogP contribution in [0, 0.1) is 5.92 Å². The molecule has 0 spiro atoms. The molecule has 0 saturated carbocycles. The summed E-state index contributed by atoms with van der Waals surface area (Å²) in [5.41, 5.74) is 5.89. The van der Waals surface area contributed by atoms with Gasteiger partial charge >= 0.3 is 0 Å². The minimum absolute atomic E-state index is 0. The van der Waals surface area contributed by atoms with Gasteiger partial charge in [-0.15, -0.1) is 24.8 Å². The number of nitrogens with zero attached hydrogens (tertiary/aromatic N) is 2. The standard InChI is InChI=1S/C14H28N4O3.2ClH/c1-11(2)13(15)14(20)18-7-5-17(6-8-18)10-12(19)16-4-9-21-3;;/h11,13H,4-10,15H2,1-3H3,(H,16,19);2*1H/t13-;;/m0../s1. The van der Waals surface area contributed by atoms with E-state index in [1.807, 2.05) is 18.7 Å². The molecule has 0 aromatic rings. The first-order valence-corrected chi connectivity index (χ1v) is 7.48. The van der Waals surface area contributed by atoms with E-state index < -0.39 is 6.04 Å². The van der Waals surface area contributed by atoms with Gasteiger partial charge in [0.15, 0.2) is 0 Å². The van der Waals surface area contributed by atoms with Gasteiger partial charge in [-0.2, -0.15) is 0 Å². The number of carbonyl (C=O) groups is 2. The van der Waals surface area contributed by atoms with Crippen molar-refractivity contribution in [3.8, 4) is 0 Å². The van der Waals surface area contributed by atoms with Gasteiger partial charge in [-0.05, 0) is 5.92 Å². The maximum absolute atomic E-state index is 12.1. The van der Waals surface area contributed by atoms with Crippen LogP contribution in [0.15, 0.2) is 0 Å². The zero-order valence-corrected chi connectivity index (χ0v) is 15.8. The fraction of sp³-hybridized carbons (Fsp3) is 0.857. The van der Waals surface area contributed by atoms with E-state index >= 15 is 0 Å². The number of carbonyl (C=O) groups excluding carboxylic acids is 2. The molecule has 2 amide bonds. The molecule has 0 aliphatic carbocycles. The molecule has 9 heteroatoms. The molecule has 0 aromatic carbocycles. The Morgan fingerprint density at radius 3 is 2.22 bits per heavy atom. The van der Waals surface area contributed by atoms with Gasteiger partial charge < -0.3 is 20.7 Å². The van der Waals surface area contributed by atoms with E-state index in [4.69, 9.17) is 10.5 Å². The van der Waals surface area contributed by atoms with Crippen LogP contribution in [0.5, 0.6) is 0 Å². The van der Waals surface area contributed by atoms with E-state index in [0.717, 1.165) is 0 Å². The van der Waals surface area contributed by atoms with Gasteiger partial charge in [0.25, 0.3) is 0 Å². The predicted octanol–water partition coefficient (Wildman–Crippen LogP) is -0.280. The van der Waals surface area contributed by atoms with Crippen LogP contribution in [-0.4, -0.2) is 80.6 Å². The minimum atomic E-state index is -0.436. The van der Waals surface area contributed by atoms with Gasteiger partial charge in [-0.25, -0.2) is 0 Å². The highest BCUT2D eigenvalue weighted by Gasteiger charge is 2.27. The molecule has 1 aliphatic rings. The second kappa shape index (κ2) is 12.8. The maximum atomic E-state index is 12.1. The van der Waals surface area contributed by atoms with Gasteiger partial charge in [0.05, 0.1) is 19.2 Å². The number of methoxy groups -OCH3 is 1. The van der Waals surface area contributed by atoms with Crippen LogP contribution >= 0.6 is 24.8 Å². The summed E-state index contributed by atoms with van der Waals surface area (Å²) < 4.78 is 4.88. The minimum Gasteiger partial charge on any atom is -0.383 e. The SMILES string of the molecule is COCCNC(=O)CN1CCN(C(=O)[C@@H](N)C(C)C)CC1.Cl.Cl. The van der Waals surface area contributed by atoms with E-state index in [1.165, 1.54) is 0 Å². The van der Waals surface area contributed by atoms with E-state index in [-0.39, 0.29) is 42.5 Å². The summed E-state index contributed by atoms with van der Waals surface area (Å²) in [7, 11) is 1.60. The molecule has 23 heavy (non-hydrogen) atoms. The summed E-state index contributed by atoms with van der Waals surface area (Å²) in [4.78, 5) is 27.7. The van der Waals surface area contributed by atoms with Crippen molar-refractivity contribution in [2.45, 2.75) is 19.9 Å². The van der Waals surface area contributed by atoms with Crippen molar-refractivity contribution >= 4 is 36.6 Å². The lowest BCUT2D eigenvalue weighted by molar-refractivity contribution is -0.135. The summed E-state index contributed by atoms with van der Waals surface area (Å²) in [5, 5.41) is 2.79. The first kappa shape index (κ1) is 24.6. The zero-order chi connectivity index (χ0) is 15.8. The van der Waals surface area contributed by atoms with Crippen LogP contribution in [0.25, 0.3) is 0 Å². The Morgan fingerprint density at radius 1 is 1.17 bits per heavy atom. The number of piperazine rings is 1. The second-order valence-electron chi connectivity index (χ2n) is 5.71. The summed E-state index contributed by atoms with van der Waals surface area (Å²) >= 11 is 0. The highest BCUT2D eigenvalue weighted by molar-refractivity contribution is 5.85. The lowest BCUT2D eigenvalue weighted by Crippen LogP contribution is -2.55. The molecule has 1 heterocycles. The number of ether oxygens (including phenoxy) is 1. The van der Waals surface area contributed by atoms with Crippen molar-refractivity contribution in [3.63, 3.8) is 0 Å². The third kappa shape index (κ3) is 8.72. The molecule has 1 atom stereocenters. The van der Waals surface area contributed by atoms with Crippen molar-refractivity contribution in [2.75, 3.05) is 53.0 Å². The zero-order valence-electron chi connectivity index (χ0n) is 14.1. The van der Waals surface area contributed by atoms with E-state index in [0.29, 0.717) is 45.9 Å². The summed E-state index contributed by atoms with van der Waals surface area (Å²) in [6, 6.07) is -0.436. The van der Waals surface area contributed by atoms with Crippen molar-refractivity contribution in [2.24, 2.45) is 11.7 Å². The Balaban J connectivity index is 0. The molecule has 3 N–H and O–H groups in total. The van der Waals surface area contributed by atoms with Crippen molar-refractivity contribution in [3.05, 3.63) is 0 Å². The number of nitrogens with one attached hydrogen (secondary N) is 1. The summed E-state index contributed by atoms with van der Waals surface area (Å²) in [6.45, 7) is 7.96. The number of hydrogen-bond donors (Lipinski definition) is 2.